The number of anilines is 1. The number of carbonyl (C=O) groups excluding carboxylic acids is 3. The van der Waals surface area contributed by atoms with Crippen LogP contribution in [-0.4, -0.2) is 52.0 Å². The average molecular weight is 577 g/mol. The summed E-state index contributed by atoms with van der Waals surface area (Å²) in [6.45, 7) is 5.38. The standard InChI is InChI=1S/C29H28N4O5S2/c1-4-37-27(35)22-18(3)25(28(36)38-5-2)40-26(22)30-21(34)16-17-39-29-31-23(19-12-8-6-9-13-19)24(32-33-29)20-14-10-7-11-15-20/h6-15H,4-5,16-17H2,1-3H3,(H,30,34). The van der Waals surface area contributed by atoms with E-state index in [1.54, 1.807) is 20.8 Å². The van der Waals surface area contributed by atoms with E-state index in [1.807, 2.05) is 60.7 Å². The molecule has 0 bridgehead atoms. The van der Waals surface area contributed by atoms with Gasteiger partial charge >= 0.3 is 11.9 Å². The molecule has 0 aliphatic heterocycles. The van der Waals surface area contributed by atoms with Gasteiger partial charge in [0.15, 0.2) is 0 Å². The molecule has 2 aromatic carbocycles. The van der Waals surface area contributed by atoms with Crippen molar-refractivity contribution in [3.05, 3.63) is 76.7 Å². The first kappa shape index (κ1) is 28.9. The molecule has 0 radical (unpaired) electrons. The minimum absolute atomic E-state index is 0.114. The fraction of sp³-hybridized carbons (Fsp3) is 0.241. The largest absolute Gasteiger partial charge is 0.462 e. The Balaban J connectivity index is 1.48. The SMILES string of the molecule is CCOC(=O)c1sc(NC(=O)CCSc2nnc(-c3ccccc3)c(-c3ccccc3)n2)c(C(=O)OCC)c1C. The molecule has 0 unspecified atom stereocenters. The Morgan fingerprint density at radius 1 is 0.850 bits per heavy atom. The molecule has 9 nitrogen and oxygen atoms in total. The van der Waals surface area contributed by atoms with Crippen LogP contribution in [0.5, 0.6) is 0 Å². The minimum Gasteiger partial charge on any atom is -0.462 e. The third kappa shape index (κ3) is 6.91. The predicted molar refractivity (Wildman–Crippen MR) is 156 cm³/mol. The highest BCUT2D eigenvalue weighted by atomic mass is 32.2. The van der Waals surface area contributed by atoms with Crippen LogP contribution in [0.2, 0.25) is 0 Å². The molecule has 1 N–H and O–H groups in total. The van der Waals surface area contributed by atoms with Gasteiger partial charge in [-0.3, -0.25) is 4.79 Å². The molecule has 4 aromatic rings. The molecule has 4 rings (SSSR count). The number of hydrogen-bond acceptors (Lipinski definition) is 10. The number of thiophene rings is 1. The lowest BCUT2D eigenvalue weighted by atomic mass is 10.0. The highest BCUT2D eigenvalue weighted by molar-refractivity contribution is 7.99. The van der Waals surface area contributed by atoms with Gasteiger partial charge in [-0.2, -0.15) is 0 Å². The van der Waals surface area contributed by atoms with Crippen LogP contribution >= 0.6 is 23.1 Å². The van der Waals surface area contributed by atoms with Gasteiger partial charge in [-0.25, -0.2) is 14.6 Å². The van der Waals surface area contributed by atoms with E-state index in [1.165, 1.54) is 11.8 Å². The summed E-state index contributed by atoms with van der Waals surface area (Å²) in [5.41, 5.74) is 3.76. The monoisotopic (exact) mass is 576 g/mol. The molecule has 2 aromatic heterocycles. The highest BCUT2D eigenvalue weighted by Gasteiger charge is 2.27. The zero-order chi connectivity index (χ0) is 28.5. The van der Waals surface area contributed by atoms with Crippen molar-refractivity contribution in [2.45, 2.75) is 32.3 Å². The first-order valence-electron chi connectivity index (χ1n) is 12.7. The summed E-state index contributed by atoms with van der Waals surface area (Å²) in [5, 5.41) is 12.2. The Labute approximate surface area is 240 Å². The van der Waals surface area contributed by atoms with Crippen molar-refractivity contribution in [3.8, 4) is 22.5 Å². The van der Waals surface area contributed by atoms with E-state index in [0.29, 0.717) is 27.9 Å². The van der Waals surface area contributed by atoms with Crippen molar-refractivity contribution >= 4 is 45.9 Å². The molecule has 11 heteroatoms. The number of carbonyl (C=O) groups is 3. The Bertz CT molecular complexity index is 1490. The summed E-state index contributed by atoms with van der Waals surface area (Å²) in [5.74, 6) is -1.12. The van der Waals surface area contributed by atoms with Crippen LogP contribution in [0.3, 0.4) is 0 Å². The van der Waals surface area contributed by atoms with Crippen molar-refractivity contribution in [2.75, 3.05) is 24.3 Å². The third-order valence-electron chi connectivity index (χ3n) is 5.66. The molecule has 0 spiro atoms. The smallest absolute Gasteiger partial charge is 0.348 e. The van der Waals surface area contributed by atoms with E-state index in [0.717, 1.165) is 22.5 Å². The van der Waals surface area contributed by atoms with Crippen LogP contribution in [0.25, 0.3) is 22.5 Å². The lowest BCUT2D eigenvalue weighted by molar-refractivity contribution is -0.115. The van der Waals surface area contributed by atoms with Gasteiger partial charge in [-0.15, -0.1) is 21.5 Å². The zero-order valence-corrected chi connectivity index (χ0v) is 23.9. The average Bonchev–Trinajstić information content (AvgIpc) is 3.29. The molecule has 0 aliphatic carbocycles. The van der Waals surface area contributed by atoms with Crippen molar-refractivity contribution in [2.24, 2.45) is 0 Å². The summed E-state index contributed by atoms with van der Waals surface area (Å²) in [7, 11) is 0. The highest BCUT2D eigenvalue weighted by Crippen LogP contribution is 2.35. The maximum atomic E-state index is 12.8. The van der Waals surface area contributed by atoms with E-state index in [4.69, 9.17) is 14.5 Å². The molecule has 0 atom stereocenters. The molecule has 1 amide bonds. The molecule has 40 heavy (non-hydrogen) atoms. The first-order chi connectivity index (χ1) is 19.4. The lowest BCUT2D eigenvalue weighted by Crippen LogP contribution is -2.15. The molecule has 0 saturated carbocycles. The fourth-order valence-electron chi connectivity index (χ4n) is 3.83. The quantitative estimate of drug-likeness (QED) is 0.168. The topological polar surface area (TPSA) is 120 Å². The Kier molecular flexibility index (Phi) is 9.98. The molecular formula is C29H28N4O5S2. The van der Waals surface area contributed by atoms with Crippen LogP contribution in [0.15, 0.2) is 65.8 Å². The summed E-state index contributed by atoms with van der Waals surface area (Å²) < 4.78 is 10.2. The summed E-state index contributed by atoms with van der Waals surface area (Å²) in [4.78, 5) is 42.8. The van der Waals surface area contributed by atoms with Gasteiger partial charge in [0, 0.05) is 23.3 Å². The maximum absolute atomic E-state index is 12.8. The second kappa shape index (κ2) is 13.8. The van der Waals surface area contributed by atoms with Crippen molar-refractivity contribution in [1.29, 1.82) is 0 Å². The number of ether oxygens (including phenoxy) is 2. The van der Waals surface area contributed by atoms with Crippen LogP contribution in [0.1, 0.15) is 45.9 Å². The number of thioether (sulfide) groups is 1. The maximum Gasteiger partial charge on any atom is 0.348 e. The summed E-state index contributed by atoms with van der Waals surface area (Å²) >= 11 is 2.30. The Morgan fingerprint density at radius 2 is 1.45 bits per heavy atom. The molecule has 0 aliphatic rings. The van der Waals surface area contributed by atoms with Crippen molar-refractivity contribution in [1.82, 2.24) is 15.2 Å². The Hall–Kier alpha value is -4.09. The summed E-state index contributed by atoms with van der Waals surface area (Å²) in [6, 6.07) is 19.5. The van der Waals surface area contributed by atoms with Gasteiger partial charge in [-0.1, -0.05) is 72.4 Å². The van der Waals surface area contributed by atoms with Gasteiger partial charge in [0.1, 0.15) is 21.3 Å². The van der Waals surface area contributed by atoms with Crippen LogP contribution in [-0.2, 0) is 14.3 Å². The number of rotatable bonds is 11. The second-order valence-electron chi connectivity index (χ2n) is 8.37. The number of aromatic nitrogens is 3. The second-order valence-corrected chi connectivity index (χ2v) is 10.5. The van der Waals surface area contributed by atoms with E-state index < -0.39 is 11.9 Å². The van der Waals surface area contributed by atoms with E-state index in [-0.39, 0.29) is 41.0 Å². The molecular weight excluding hydrogens is 548 g/mol. The van der Waals surface area contributed by atoms with E-state index in [2.05, 4.69) is 15.5 Å². The number of hydrogen-bond donors (Lipinski definition) is 1. The zero-order valence-electron chi connectivity index (χ0n) is 22.3. The number of nitrogens with one attached hydrogen (secondary N) is 1. The third-order valence-corrected chi connectivity index (χ3v) is 7.69. The van der Waals surface area contributed by atoms with Crippen LogP contribution in [0, 0.1) is 6.92 Å². The van der Waals surface area contributed by atoms with Crippen LogP contribution < -0.4 is 5.32 Å². The van der Waals surface area contributed by atoms with Gasteiger partial charge in [-0.05, 0) is 26.3 Å². The van der Waals surface area contributed by atoms with Crippen LogP contribution in [0.4, 0.5) is 5.00 Å². The molecule has 2 heterocycles. The molecule has 206 valence electrons. The normalized spacial score (nSPS) is 10.7. The predicted octanol–water partition coefficient (Wildman–Crippen LogP) is 6.05. The van der Waals surface area contributed by atoms with Gasteiger partial charge < -0.3 is 14.8 Å². The van der Waals surface area contributed by atoms with E-state index >= 15 is 0 Å². The lowest BCUT2D eigenvalue weighted by Gasteiger charge is -2.09. The summed E-state index contributed by atoms with van der Waals surface area (Å²) in [6.07, 6.45) is 0.114. The number of benzene rings is 2. The van der Waals surface area contributed by atoms with Gasteiger partial charge in [0.25, 0.3) is 0 Å². The number of nitrogens with zero attached hydrogens (tertiary/aromatic N) is 3. The number of amides is 1. The molecule has 0 saturated heterocycles. The fourth-order valence-corrected chi connectivity index (χ4v) is 5.66. The first-order valence-corrected chi connectivity index (χ1v) is 14.5. The number of esters is 2. The molecule has 0 fully saturated rings. The Morgan fingerprint density at radius 3 is 2.08 bits per heavy atom. The van der Waals surface area contributed by atoms with E-state index in [9.17, 15) is 14.4 Å². The minimum atomic E-state index is -0.608. The van der Waals surface area contributed by atoms with Crippen molar-refractivity contribution < 1.29 is 23.9 Å². The van der Waals surface area contributed by atoms with Gasteiger partial charge in [0.05, 0.1) is 18.8 Å². The van der Waals surface area contributed by atoms with Crippen molar-refractivity contribution in [3.63, 3.8) is 0 Å². The van der Waals surface area contributed by atoms with Gasteiger partial charge in [0.2, 0.25) is 11.1 Å².